The number of thioether (sulfide) groups is 1. The summed E-state index contributed by atoms with van der Waals surface area (Å²) in [6.45, 7) is 0. The van der Waals surface area contributed by atoms with Crippen molar-refractivity contribution in [1.29, 1.82) is 0 Å². The van der Waals surface area contributed by atoms with E-state index in [1.807, 2.05) is 0 Å². The number of carbonyl (C=O) groups is 1. The van der Waals surface area contributed by atoms with Crippen molar-refractivity contribution < 1.29 is 13.2 Å². The van der Waals surface area contributed by atoms with Crippen LogP contribution in [0, 0.1) is 0 Å². The molecule has 10 heteroatoms. The van der Waals surface area contributed by atoms with Crippen LogP contribution in [0.3, 0.4) is 0 Å². The number of sulfone groups is 1. The zero-order valence-electron chi connectivity index (χ0n) is 13.5. The minimum Gasteiger partial charge on any atom is -0.306 e. The molecule has 1 atom stereocenters. The minimum absolute atomic E-state index is 0.0568. The van der Waals surface area contributed by atoms with Crippen LogP contribution in [0.25, 0.3) is 0 Å². The summed E-state index contributed by atoms with van der Waals surface area (Å²) in [7, 11) is -3.05. The molecule has 0 radical (unpaired) electrons. The van der Waals surface area contributed by atoms with Gasteiger partial charge >= 0.3 is 0 Å². The molecule has 0 saturated carbocycles. The quantitative estimate of drug-likeness (QED) is 0.731. The first-order valence-electron chi connectivity index (χ1n) is 7.99. The van der Waals surface area contributed by atoms with Crippen LogP contribution in [0.1, 0.15) is 34.1 Å². The molecule has 1 aromatic carbocycles. The van der Waals surface area contributed by atoms with E-state index in [0.717, 1.165) is 27.2 Å². The number of halogens is 2. The molecule has 1 N–H and O–H groups in total. The van der Waals surface area contributed by atoms with Gasteiger partial charge in [0.1, 0.15) is 5.82 Å². The van der Waals surface area contributed by atoms with Gasteiger partial charge in [-0.25, -0.2) is 13.1 Å². The highest BCUT2D eigenvalue weighted by Gasteiger charge is 2.34. The van der Waals surface area contributed by atoms with Crippen LogP contribution in [0.4, 0.5) is 5.82 Å². The average Bonchev–Trinajstić information content (AvgIpc) is 3.25. The summed E-state index contributed by atoms with van der Waals surface area (Å²) < 4.78 is 26.2. The Hall–Kier alpha value is -1.03. The van der Waals surface area contributed by atoms with Gasteiger partial charge in [0, 0.05) is 21.5 Å². The molecule has 138 valence electrons. The minimum atomic E-state index is -3.05. The molecule has 1 unspecified atom stereocenters. The van der Waals surface area contributed by atoms with Crippen LogP contribution in [0.5, 0.6) is 0 Å². The summed E-state index contributed by atoms with van der Waals surface area (Å²) in [5.41, 5.74) is 2.24. The van der Waals surface area contributed by atoms with E-state index in [1.165, 1.54) is 0 Å². The van der Waals surface area contributed by atoms with E-state index in [-0.39, 0.29) is 23.5 Å². The Bertz CT molecular complexity index is 1010. The lowest BCUT2D eigenvalue weighted by Gasteiger charge is -2.16. The van der Waals surface area contributed by atoms with Crippen LogP contribution in [0.2, 0.25) is 5.02 Å². The molecule has 2 aliphatic heterocycles. The van der Waals surface area contributed by atoms with Gasteiger partial charge in [-0.15, -0.1) is 0 Å². The first-order chi connectivity index (χ1) is 12.3. The highest BCUT2D eigenvalue weighted by Crippen LogP contribution is 2.38. The number of anilines is 1. The van der Waals surface area contributed by atoms with Gasteiger partial charge in [-0.3, -0.25) is 4.79 Å². The third-order valence-corrected chi connectivity index (χ3v) is 8.08. The van der Waals surface area contributed by atoms with Crippen molar-refractivity contribution in [2.45, 2.75) is 24.0 Å². The molecule has 4 rings (SSSR count). The number of aromatic nitrogens is 2. The van der Waals surface area contributed by atoms with Crippen molar-refractivity contribution in [3.63, 3.8) is 0 Å². The summed E-state index contributed by atoms with van der Waals surface area (Å²) in [6.07, 6.45) is 0.510. The topological polar surface area (TPSA) is 81.1 Å². The monoisotopic (exact) mass is 475 g/mol. The lowest BCUT2D eigenvalue weighted by Crippen LogP contribution is -2.20. The maximum absolute atomic E-state index is 12.8. The van der Waals surface area contributed by atoms with Crippen molar-refractivity contribution in [3.8, 4) is 0 Å². The van der Waals surface area contributed by atoms with Crippen LogP contribution >= 0.6 is 39.3 Å². The number of nitrogens with zero attached hydrogens (tertiary/aromatic N) is 2. The van der Waals surface area contributed by atoms with Crippen molar-refractivity contribution in [1.82, 2.24) is 9.78 Å². The average molecular weight is 477 g/mol. The maximum Gasteiger partial charge on any atom is 0.258 e. The van der Waals surface area contributed by atoms with Gasteiger partial charge in [0.2, 0.25) is 0 Å². The second kappa shape index (κ2) is 6.85. The largest absolute Gasteiger partial charge is 0.306 e. The summed E-state index contributed by atoms with van der Waals surface area (Å²) in [5.74, 6) is 1.98. The van der Waals surface area contributed by atoms with E-state index in [1.54, 1.807) is 34.6 Å². The van der Waals surface area contributed by atoms with E-state index >= 15 is 0 Å². The van der Waals surface area contributed by atoms with E-state index < -0.39 is 9.84 Å². The standard InChI is InChI=1S/C16H15BrClN3O3S2/c17-9-1-2-13(18)11(5-9)16(22)19-15-12-6-25-7-14(12)20-21(15)10-3-4-26(23,24)8-10/h1-2,5,10H,3-4,6-8H2,(H,19,22). The number of fused-ring (bicyclic) bond motifs is 1. The van der Waals surface area contributed by atoms with Gasteiger partial charge in [0.05, 0.1) is 33.8 Å². The number of rotatable bonds is 3. The molecule has 0 bridgehead atoms. The number of nitrogens with one attached hydrogen (secondary N) is 1. The third-order valence-electron chi connectivity index (χ3n) is 4.54. The number of hydrogen-bond donors (Lipinski definition) is 1. The van der Waals surface area contributed by atoms with Crippen molar-refractivity contribution in [2.24, 2.45) is 0 Å². The van der Waals surface area contributed by atoms with Gasteiger partial charge in [0.15, 0.2) is 9.84 Å². The lowest BCUT2D eigenvalue weighted by molar-refractivity contribution is 0.102. The zero-order chi connectivity index (χ0) is 18.5. The molecule has 3 heterocycles. The molecular weight excluding hydrogens is 462 g/mol. The Kier molecular flexibility index (Phi) is 4.83. The van der Waals surface area contributed by atoms with Gasteiger partial charge < -0.3 is 5.32 Å². The SMILES string of the molecule is O=C(Nc1c2c(nn1C1CCS(=O)(=O)C1)CSC2)c1cc(Br)ccc1Cl. The van der Waals surface area contributed by atoms with Gasteiger partial charge in [-0.1, -0.05) is 27.5 Å². The molecule has 1 saturated heterocycles. The molecule has 0 aliphatic carbocycles. The van der Waals surface area contributed by atoms with E-state index in [4.69, 9.17) is 11.6 Å². The van der Waals surface area contributed by atoms with E-state index in [0.29, 0.717) is 22.8 Å². The maximum atomic E-state index is 12.8. The first-order valence-corrected chi connectivity index (χ1v) is 12.1. The highest BCUT2D eigenvalue weighted by atomic mass is 79.9. The molecule has 26 heavy (non-hydrogen) atoms. The van der Waals surface area contributed by atoms with Gasteiger partial charge in [-0.05, 0) is 24.6 Å². The molecule has 1 amide bonds. The molecule has 6 nitrogen and oxygen atoms in total. The summed E-state index contributed by atoms with van der Waals surface area (Å²) in [6, 6.07) is 4.83. The first kappa shape index (κ1) is 18.3. The van der Waals surface area contributed by atoms with Crippen LogP contribution in [-0.2, 0) is 21.3 Å². The van der Waals surface area contributed by atoms with Gasteiger partial charge in [-0.2, -0.15) is 16.9 Å². The Labute approximate surface area is 168 Å². The Morgan fingerprint density at radius 3 is 2.92 bits per heavy atom. The smallest absolute Gasteiger partial charge is 0.258 e. The van der Waals surface area contributed by atoms with Crippen molar-refractivity contribution in [3.05, 3.63) is 44.5 Å². The molecule has 0 spiro atoms. The Balaban J connectivity index is 1.70. The van der Waals surface area contributed by atoms with Crippen LogP contribution in [0.15, 0.2) is 22.7 Å². The van der Waals surface area contributed by atoms with E-state index in [2.05, 4.69) is 26.3 Å². The predicted octanol–water partition coefficient (Wildman–Crippen LogP) is 3.66. The number of benzene rings is 1. The normalized spacial score (nSPS) is 20.9. The Morgan fingerprint density at radius 2 is 2.19 bits per heavy atom. The second-order valence-electron chi connectivity index (χ2n) is 6.35. The lowest BCUT2D eigenvalue weighted by atomic mass is 10.2. The Morgan fingerprint density at radius 1 is 1.38 bits per heavy atom. The molecule has 2 aliphatic rings. The highest BCUT2D eigenvalue weighted by molar-refractivity contribution is 9.10. The fourth-order valence-electron chi connectivity index (χ4n) is 3.24. The fraction of sp³-hybridized carbons (Fsp3) is 0.375. The van der Waals surface area contributed by atoms with E-state index in [9.17, 15) is 13.2 Å². The second-order valence-corrected chi connectivity index (χ2v) is 10.9. The molecular formula is C16H15BrClN3O3S2. The van der Waals surface area contributed by atoms with Gasteiger partial charge in [0.25, 0.3) is 5.91 Å². The number of amides is 1. The number of carbonyl (C=O) groups excluding carboxylic acids is 1. The summed E-state index contributed by atoms with van der Waals surface area (Å²) in [4.78, 5) is 12.8. The molecule has 1 aromatic heterocycles. The third kappa shape index (κ3) is 3.42. The van der Waals surface area contributed by atoms with Crippen molar-refractivity contribution in [2.75, 3.05) is 16.8 Å². The number of hydrogen-bond acceptors (Lipinski definition) is 5. The summed E-state index contributed by atoms with van der Waals surface area (Å²) in [5, 5.41) is 7.88. The predicted molar refractivity (Wildman–Crippen MR) is 107 cm³/mol. The fourth-order valence-corrected chi connectivity index (χ4v) is 6.54. The van der Waals surface area contributed by atoms with Crippen LogP contribution in [-0.4, -0.2) is 35.6 Å². The van der Waals surface area contributed by atoms with Crippen molar-refractivity contribution >= 4 is 60.9 Å². The zero-order valence-corrected chi connectivity index (χ0v) is 17.5. The summed E-state index contributed by atoms with van der Waals surface area (Å²) >= 11 is 11.2. The molecule has 1 fully saturated rings. The molecule has 2 aromatic rings. The van der Waals surface area contributed by atoms with Crippen LogP contribution < -0.4 is 5.32 Å².